The van der Waals surface area contributed by atoms with Crippen LogP contribution >= 0.6 is 11.8 Å². The molecule has 50 valence electrons. The van der Waals surface area contributed by atoms with Gasteiger partial charge in [0.15, 0.2) is 0 Å². The number of thioether (sulfide) groups is 1. The minimum absolute atomic E-state index is 0.0765. The first-order valence-corrected chi connectivity index (χ1v) is 3.25. The first-order valence-electron chi connectivity index (χ1n) is 2.20. The summed E-state index contributed by atoms with van der Waals surface area (Å²) in [4.78, 5) is 20.4. The van der Waals surface area contributed by atoms with Gasteiger partial charge in [-0.05, 0) is 0 Å². The molecule has 1 fully saturated rings. The van der Waals surface area contributed by atoms with E-state index in [2.05, 4.69) is 4.74 Å². The fraction of sp³-hybridized carbons (Fsp3) is 0.500. The predicted octanol–water partition coefficient (Wildman–Crippen LogP) is 0.0986. The first-order chi connectivity index (χ1) is 4.20. The predicted molar refractivity (Wildman–Crippen MR) is 28.5 cm³/mol. The van der Waals surface area contributed by atoms with Gasteiger partial charge < -0.3 is 4.74 Å². The van der Waals surface area contributed by atoms with Gasteiger partial charge in [0.05, 0.1) is 5.75 Å². The van der Waals surface area contributed by atoms with Crippen LogP contribution in [0.1, 0.15) is 0 Å². The van der Waals surface area contributed by atoms with Crippen LogP contribution in [0.4, 0.5) is 4.39 Å². The zero-order valence-electron chi connectivity index (χ0n) is 4.30. The van der Waals surface area contributed by atoms with E-state index in [4.69, 9.17) is 0 Å². The highest BCUT2D eigenvalue weighted by atomic mass is 32.2. The number of esters is 2. The van der Waals surface area contributed by atoms with E-state index >= 15 is 0 Å². The van der Waals surface area contributed by atoms with Crippen LogP contribution in [0.3, 0.4) is 0 Å². The minimum atomic E-state index is -1.68. The Kier molecular flexibility index (Phi) is 1.70. The quantitative estimate of drug-likeness (QED) is 0.363. The number of halogens is 1. The van der Waals surface area contributed by atoms with E-state index in [1.165, 1.54) is 0 Å². The highest BCUT2D eigenvalue weighted by molar-refractivity contribution is 8.01. The molecule has 1 aliphatic heterocycles. The summed E-state index contributed by atoms with van der Waals surface area (Å²) in [5, 5.41) is 0. The minimum Gasteiger partial charge on any atom is -0.390 e. The molecular weight excluding hydrogens is 147 g/mol. The SMILES string of the molecule is O=C1CSC(F)C(=O)O1. The summed E-state index contributed by atoms with van der Waals surface area (Å²) in [5.74, 6) is -1.83. The molecule has 3 nitrogen and oxygen atoms in total. The van der Waals surface area contributed by atoms with Gasteiger partial charge in [-0.2, -0.15) is 0 Å². The lowest BCUT2D eigenvalue weighted by Gasteiger charge is -2.10. The number of cyclic esters (lactones) is 2. The van der Waals surface area contributed by atoms with Gasteiger partial charge in [0.2, 0.25) is 5.50 Å². The molecule has 1 atom stereocenters. The van der Waals surface area contributed by atoms with Crippen molar-refractivity contribution >= 4 is 23.7 Å². The number of alkyl halides is 1. The Hall–Kier alpha value is -0.580. The Morgan fingerprint density at radius 2 is 2.33 bits per heavy atom. The van der Waals surface area contributed by atoms with Crippen LogP contribution in [0.5, 0.6) is 0 Å². The summed E-state index contributed by atoms with van der Waals surface area (Å²) in [6, 6.07) is 0. The maximum atomic E-state index is 12.1. The van der Waals surface area contributed by atoms with Crippen molar-refractivity contribution in [2.24, 2.45) is 0 Å². The fourth-order valence-electron chi connectivity index (χ4n) is 0.397. The zero-order valence-corrected chi connectivity index (χ0v) is 5.11. The molecule has 0 aromatic carbocycles. The van der Waals surface area contributed by atoms with Crippen molar-refractivity contribution in [3.63, 3.8) is 0 Å². The van der Waals surface area contributed by atoms with Crippen molar-refractivity contribution in [1.82, 2.24) is 0 Å². The van der Waals surface area contributed by atoms with E-state index in [0.29, 0.717) is 11.8 Å². The Bertz CT molecular complexity index is 158. The smallest absolute Gasteiger partial charge is 0.359 e. The van der Waals surface area contributed by atoms with Gasteiger partial charge >= 0.3 is 11.9 Å². The second-order valence-electron chi connectivity index (χ2n) is 1.42. The molecule has 1 unspecified atom stereocenters. The third-order valence-corrected chi connectivity index (χ3v) is 1.63. The van der Waals surface area contributed by atoms with Crippen molar-refractivity contribution < 1.29 is 18.7 Å². The Morgan fingerprint density at radius 3 is 2.78 bits per heavy atom. The molecule has 1 aliphatic rings. The van der Waals surface area contributed by atoms with Gasteiger partial charge in [0, 0.05) is 0 Å². The van der Waals surface area contributed by atoms with E-state index in [0.717, 1.165) is 0 Å². The number of rotatable bonds is 0. The second-order valence-corrected chi connectivity index (χ2v) is 2.46. The van der Waals surface area contributed by atoms with Crippen LogP contribution in [-0.2, 0) is 14.3 Å². The third kappa shape index (κ3) is 1.41. The molecule has 0 N–H and O–H groups in total. The topological polar surface area (TPSA) is 43.4 Å². The molecule has 0 amide bonds. The summed E-state index contributed by atoms with van der Waals surface area (Å²) in [6.45, 7) is 0. The molecule has 0 saturated carbocycles. The highest BCUT2D eigenvalue weighted by Gasteiger charge is 2.28. The van der Waals surface area contributed by atoms with E-state index in [1.54, 1.807) is 0 Å². The lowest BCUT2D eigenvalue weighted by atomic mass is 10.7. The zero-order chi connectivity index (χ0) is 6.85. The molecule has 0 spiro atoms. The molecule has 1 saturated heterocycles. The maximum absolute atomic E-state index is 12.1. The monoisotopic (exact) mass is 150 g/mol. The molecular formula is C4H3FO3S. The van der Waals surface area contributed by atoms with Gasteiger partial charge in [-0.1, -0.05) is 0 Å². The van der Waals surface area contributed by atoms with Gasteiger partial charge in [-0.25, -0.2) is 9.18 Å². The molecule has 0 aromatic rings. The van der Waals surface area contributed by atoms with E-state index in [-0.39, 0.29) is 5.75 Å². The first kappa shape index (κ1) is 6.54. The van der Waals surface area contributed by atoms with Crippen LogP contribution in [0.2, 0.25) is 0 Å². The molecule has 1 rings (SSSR count). The summed E-state index contributed by atoms with van der Waals surface area (Å²) in [6.07, 6.45) is 0. The fourth-order valence-corrected chi connectivity index (χ4v) is 0.923. The molecule has 0 bridgehead atoms. The number of carbonyl (C=O) groups is 2. The van der Waals surface area contributed by atoms with Crippen molar-refractivity contribution in [3.8, 4) is 0 Å². The third-order valence-electron chi connectivity index (χ3n) is 0.747. The van der Waals surface area contributed by atoms with Crippen molar-refractivity contribution in [2.45, 2.75) is 5.50 Å². The summed E-state index contributed by atoms with van der Waals surface area (Å²) >= 11 is 0.644. The second kappa shape index (κ2) is 2.34. The van der Waals surface area contributed by atoms with Gasteiger partial charge in [-0.15, -0.1) is 11.8 Å². The highest BCUT2D eigenvalue weighted by Crippen LogP contribution is 2.18. The van der Waals surface area contributed by atoms with Crippen LogP contribution in [0.25, 0.3) is 0 Å². The molecule has 0 aromatic heterocycles. The van der Waals surface area contributed by atoms with E-state index in [9.17, 15) is 14.0 Å². The average molecular weight is 150 g/mol. The van der Waals surface area contributed by atoms with E-state index in [1.807, 2.05) is 0 Å². The molecule has 1 heterocycles. The Labute approximate surface area is 54.6 Å². The normalized spacial score (nSPS) is 27.9. The lowest BCUT2D eigenvalue weighted by molar-refractivity contribution is -0.160. The Morgan fingerprint density at radius 1 is 1.67 bits per heavy atom. The lowest BCUT2D eigenvalue weighted by Crippen LogP contribution is -2.27. The summed E-state index contributed by atoms with van der Waals surface area (Å²) in [7, 11) is 0. The van der Waals surface area contributed by atoms with Crippen LogP contribution in [0.15, 0.2) is 0 Å². The number of hydrogen-bond acceptors (Lipinski definition) is 4. The summed E-state index contributed by atoms with van der Waals surface area (Å²) in [5.41, 5.74) is -1.68. The van der Waals surface area contributed by atoms with Crippen molar-refractivity contribution in [1.29, 1.82) is 0 Å². The number of carbonyl (C=O) groups excluding carboxylic acids is 2. The van der Waals surface area contributed by atoms with Crippen LogP contribution in [-0.4, -0.2) is 23.2 Å². The molecule has 9 heavy (non-hydrogen) atoms. The maximum Gasteiger partial charge on any atom is 0.359 e. The standard InChI is InChI=1S/C4H3FO3S/c5-3-4(7)8-2(6)1-9-3/h3H,1H2. The molecule has 5 heteroatoms. The number of ether oxygens (including phenoxy) is 1. The van der Waals surface area contributed by atoms with Gasteiger partial charge in [-0.3, -0.25) is 4.79 Å². The van der Waals surface area contributed by atoms with Crippen molar-refractivity contribution in [3.05, 3.63) is 0 Å². The van der Waals surface area contributed by atoms with Crippen LogP contribution < -0.4 is 0 Å². The van der Waals surface area contributed by atoms with Gasteiger partial charge in [0.1, 0.15) is 0 Å². The molecule has 0 aliphatic carbocycles. The largest absolute Gasteiger partial charge is 0.390 e. The molecule has 0 radical (unpaired) electrons. The summed E-state index contributed by atoms with van der Waals surface area (Å²) < 4.78 is 16.0. The van der Waals surface area contributed by atoms with E-state index < -0.39 is 17.4 Å². The number of hydrogen-bond donors (Lipinski definition) is 0. The van der Waals surface area contributed by atoms with Gasteiger partial charge in [0.25, 0.3) is 0 Å². The average Bonchev–Trinajstić information content (AvgIpc) is 1.80. The van der Waals surface area contributed by atoms with Crippen molar-refractivity contribution in [2.75, 3.05) is 5.75 Å². The van der Waals surface area contributed by atoms with Crippen LogP contribution in [0, 0.1) is 0 Å². The Balaban J connectivity index is 2.54.